The summed E-state index contributed by atoms with van der Waals surface area (Å²) in [6.45, 7) is 1.21. The maximum atomic E-state index is 12.9. The van der Waals surface area contributed by atoms with E-state index in [-0.39, 0.29) is 17.7 Å². The molecule has 4 nitrogen and oxygen atoms in total. The van der Waals surface area contributed by atoms with Crippen molar-refractivity contribution in [3.05, 3.63) is 29.6 Å². The summed E-state index contributed by atoms with van der Waals surface area (Å²) in [4.78, 5) is 13.8. The molecule has 2 N–H and O–H groups in total. The molecule has 1 aromatic rings. The molecular formula is C12H15FN2O2. The first kappa shape index (κ1) is 11.9. The number of rotatable bonds is 2. The number of likely N-dealkylation sites (tertiary alicyclic amines) is 1. The highest BCUT2D eigenvalue weighted by atomic mass is 19.1. The summed E-state index contributed by atoms with van der Waals surface area (Å²) >= 11 is 0. The van der Waals surface area contributed by atoms with Crippen molar-refractivity contribution in [2.45, 2.75) is 12.5 Å². The minimum Gasteiger partial charge on any atom is -0.398 e. The summed E-state index contributed by atoms with van der Waals surface area (Å²) in [5.74, 6) is -0.600. The van der Waals surface area contributed by atoms with Gasteiger partial charge in [0.05, 0.1) is 11.7 Å². The van der Waals surface area contributed by atoms with E-state index in [1.165, 1.54) is 12.1 Å². The zero-order valence-corrected chi connectivity index (χ0v) is 9.65. The molecule has 1 unspecified atom stereocenters. The summed E-state index contributed by atoms with van der Waals surface area (Å²) in [7, 11) is 1.63. The van der Waals surface area contributed by atoms with Crippen molar-refractivity contribution in [3.63, 3.8) is 0 Å². The molecule has 1 heterocycles. The number of nitrogen functional groups attached to an aromatic ring is 1. The van der Waals surface area contributed by atoms with Crippen molar-refractivity contribution < 1.29 is 13.9 Å². The lowest BCUT2D eigenvalue weighted by Crippen LogP contribution is -2.30. The van der Waals surface area contributed by atoms with Crippen LogP contribution in [0.25, 0.3) is 0 Å². The zero-order valence-electron chi connectivity index (χ0n) is 9.65. The first-order valence-electron chi connectivity index (χ1n) is 5.49. The van der Waals surface area contributed by atoms with E-state index in [1.54, 1.807) is 12.0 Å². The summed E-state index contributed by atoms with van der Waals surface area (Å²) in [5, 5.41) is 0. The lowest BCUT2D eigenvalue weighted by atomic mass is 10.1. The maximum absolute atomic E-state index is 12.9. The number of nitrogens with zero attached hydrogens (tertiary/aromatic N) is 1. The number of ether oxygens (including phenoxy) is 1. The molecule has 1 saturated heterocycles. The minimum atomic E-state index is -0.435. The zero-order chi connectivity index (χ0) is 12.4. The van der Waals surface area contributed by atoms with Gasteiger partial charge in [0.25, 0.3) is 5.91 Å². The van der Waals surface area contributed by atoms with Gasteiger partial charge in [-0.3, -0.25) is 4.79 Å². The first-order chi connectivity index (χ1) is 8.11. The normalized spacial score (nSPS) is 19.6. The number of amides is 1. The second-order valence-electron chi connectivity index (χ2n) is 4.13. The summed E-state index contributed by atoms with van der Waals surface area (Å²) in [6, 6.07) is 3.83. The molecule has 0 bridgehead atoms. The minimum absolute atomic E-state index is 0.0839. The molecule has 1 atom stereocenters. The predicted molar refractivity (Wildman–Crippen MR) is 62.1 cm³/mol. The van der Waals surface area contributed by atoms with Crippen LogP contribution >= 0.6 is 0 Å². The maximum Gasteiger partial charge on any atom is 0.256 e. The van der Waals surface area contributed by atoms with Gasteiger partial charge in [-0.1, -0.05) is 0 Å². The monoisotopic (exact) mass is 238 g/mol. The van der Waals surface area contributed by atoms with E-state index in [4.69, 9.17) is 10.5 Å². The van der Waals surface area contributed by atoms with Crippen LogP contribution in [0.15, 0.2) is 18.2 Å². The van der Waals surface area contributed by atoms with Crippen LogP contribution < -0.4 is 5.73 Å². The molecule has 0 saturated carbocycles. The topological polar surface area (TPSA) is 55.6 Å². The van der Waals surface area contributed by atoms with Gasteiger partial charge in [0.1, 0.15) is 5.82 Å². The average Bonchev–Trinajstić information content (AvgIpc) is 2.76. The average molecular weight is 238 g/mol. The Hall–Kier alpha value is -1.62. The highest BCUT2D eigenvalue weighted by Gasteiger charge is 2.27. The molecule has 0 aromatic heterocycles. The standard InChI is InChI=1S/C12H15FN2O2/c1-17-9-4-5-15(7-9)12(16)10-3-2-8(13)6-11(10)14/h2-3,6,9H,4-5,7,14H2,1H3. The van der Waals surface area contributed by atoms with Crippen molar-refractivity contribution in [2.75, 3.05) is 25.9 Å². The molecule has 5 heteroatoms. The fraction of sp³-hybridized carbons (Fsp3) is 0.417. The van der Waals surface area contributed by atoms with Gasteiger partial charge >= 0.3 is 0 Å². The van der Waals surface area contributed by atoms with Gasteiger partial charge in [-0.25, -0.2) is 4.39 Å². The second-order valence-corrected chi connectivity index (χ2v) is 4.13. The highest BCUT2D eigenvalue weighted by molar-refractivity contribution is 5.99. The molecule has 1 aliphatic heterocycles. The molecule has 1 amide bonds. The van der Waals surface area contributed by atoms with E-state index < -0.39 is 5.82 Å². The molecule has 1 aliphatic rings. The second kappa shape index (κ2) is 4.71. The van der Waals surface area contributed by atoms with Crippen LogP contribution in [0.3, 0.4) is 0 Å². The van der Waals surface area contributed by atoms with Gasteiger partial charge in [0, 0.05) is 25.9 Å². The predicted octanol–water partition coefficient (Wildman–Crippen LogP) is 1.27. The summed E-state index contributed by atoms with van der Waals surface area (Å²) < 4.78 is 18.1. The highest BCUT2D eigenvalue weighted by Crippen LogP contribution is 2.19. The van der Waals surface area contributed by atoms with Crippen LogP contribution in [0.1, 0.15) is 16.8 Å². The number of anilines is 1. The summed E-state index contributed by atoms with van der Waals surface area (Å²) in [5.41, 5.74) is 6.17. The van der Waals surface area contributed by atoms with Crippen LogP contribution in [-0.4, -0.2) is 37.1 Å². The number of methoxy groups -OCH3 is 1. The third kappa shape index (κ3) is 2.39. The Labute approximate surface area is 99.2 Å². The number of nitrogens with two attached hydrogens (primary N) is 1. The van der Waals surface area contributed by atoms with Crippen molar-refractivity contribution in [2.24, 2.45) is 0 Å². The Morgan fingerprint density at radius 2 is 2.35 bits per heavy atom. The van der Waals surface area contributed by atoms with Gasteiger partial charge < -0.3 is 15.4 Å². The van der Waals surface area contributed by atoms with Crippen LogP contribution in [-0.2, 0) is 4.74 Å². The molecule has 0 aliphatic carbocycles. The van der Waals surface area contributed by atoms with Crippen LogP contribution in [0.5, 0.6) is 0 Å². The largest absolute Gasteiger partial charge is 0.398 e. The fourth-order valence-electron chi connectivity index (χ4n) is 2.00. The van der Waals surface area contributed by atoms with E-state index in [1.807, 2.05) is 0 Å². The number of hydrogen-bond donors (Lipinski definition) is 1. The van der Waals surface area contributed by atoms with Gasteiger partial charge in [-0.05, 0) is 24.6 Å². The lowest BCUT2D eigenvalue weighted by Gasteiger charge is -2.17. The Morgan fingerprint density at radius 1 is 1.59 bits per heavy atom. The van der Waals surface area contributed by atoms with E-state index in [0.717, 1.165) is 12.5 Å². The smallest absolute Gasteiger partial charge is 0.256 e. The van der Waals surface area contributed by atoms with Gasteiger partial charge in [0.15, 0.2) is 0 Å². The van der Waals surface area contributed by atoms with Crippen molar-refractivity contribution in [1.82, 2.24) is 4.90 Å². The SMILES string of the molecule is COC1CCN(C(=O)c2ccc(F)cc2N)C1. The number of carbonyl (C=O) groups excluding carboxylic acids is 1. The Bertz CT molecular complexity index is 437. The van der Waals surface area contributed by atoms with E-state index in [9.17, 15) is 9.18 Å². The molecule has 1 aromatic carbocycles. The molecule has 0 radical (unpaired) electrons. The van der Waals surface area contributed by atoms with E-state index in [0.29, 0.717) is 18.7 Å². The molecule has 2 rings (SSSR count). The van der Waals surface area contributed by atoms with Gasteiger partial charge in [-0.15, -0.1) is 0 Å². The number of carbonyl (C=O) groups is 1. The molecule has 0 spiro atoms. The fourth-order valence-corrected chi connectivity index (χ4v) is 2.00. The van der Waals surface area contributed by atoms with E-state index >= 15 is 0 Å². The molecule has 17 heavy (non-hydrogen) atoms. The third-order valence-electron chi connectivity index (χ3n) is 3.01. The number of halogens is 1. The molecule has 1 fully saturated rings. The third-order valence-corrected chi connectivity index (χ3v) is 3.01. The molecular weight excluding hydrogens is 223 g/mol. The summed E-state index contributed by atoms with van der Waals surface area (Å²) in [6.07, 6.45) is 0.907. The number of benzene rings is 1. The van der Waals surface area contributed by atoms with Crippen molar-refractivity contribution >= 4 is 11.6 Å². The van der Waals surface area contributed by atoms with Crippen molar-refractivity contribution in [1.29, 1.82) is 0 Å². The first-order valence-corrected chi connectivity index (χ1v) is 5.49. The van der Waals surface area contributed by atoms with Crippen molar-refractivity contribution in [3.8, 4) is 0 Å². The Kier molecular flexibility index (Phi) is 3.28. The van der Waals surface area contributed by atoms with Gasteiger partial charge in [0.2, 0.25) is 0 Å². The van der Waals surface area contributed by atoms with Crippen LogP contribution in [0.4, 0.5) is 10.1 Å². The van der Waals surface area contributed by atoms with Crippen LogP contribution in [0, 0.1) is 5.82 Å². The Balaban J connectivity index is 2.15. The van der Waals surface area contributed by atoms with Crippen LogP contribution in [0.2, 0.25) is 0 Å². The van der Waals surface area contributed by atoms with Gasteiger partial charge in [-0.2, -0.15) is 0 Å². The quantitative estimate of drug-likeness (QED) is 0.789. The lowest BCUT2D eigenvalue weighted by molar-refractivity contribution is 0.0725. The Morgan fingerprint density at radius 3 is 2.94 bits per heavy atom. The number of hydrogen-bond acceptors (Lipinski definition) is 3. The molecule has 92 valence electrons. The van der Waals surface area contributed by atoms with E-state index in [2.05, 4.69) is 0 Å².